The number of benzene rings is 1. The fraction of sp³-hybridized carbons (Fsp3) is 0.286. The lowest BCUT2D eigenvalue weighted by Crippen LogP contribution is -2.14. The van der Waals surface area contributed by atoms with Gasteiger partial charge >= 0.3 is 11.9 Å². The van der Waals surface area contributed by atoms with Gasteiger partial charge in [0.25, 0.3) is 0 Å². The summed E-state index contributed by atoms with van der Waals surface area (Å²) in [6.07, 6.45) is -0.0935. The number of carbonyl (C=O) groups is 2. The predicted molar refractivity (Wildman–Crippen MR) is 75.3 cm³/mol. The summed E-state index contributed by atoms with van der Waals surface area (Å²) >= 11 is 5.45. The lowest BCUT2D eigenvalue weighted by Gasteiger charge is -2.06. The third-order valence-electron chi connectivity index (χ3n) is 3.09. The van der Waals surface area contributed by atoms with Gasteiger partial charge in [-0.1, -0.05) is 18.2 Å². The van der Waals surface area contributed by atoms with Crippen molar-refractivity contribution in [1.82, 2.24) is 4.57 Å². The van der Waals surface area contributed by atoms with E-state index in [1.165, 1.54) is 0 Å². The van der Waals surface area contributed by atoms with Crippen LogP contribution in [0, 0.1) is 0 Å². The molecular weight excluding hydrogens is 282 g/mol. The molecule has 0 atom stereocenters. The number of aromatic nitrogens is 1. The second kappa shape index (κ2) is 5.96. The summed E-state index contributed by atoms with van der Waals surface area (Å²) in [5.41, 5.74) is 1.34. The highest BCUT2D eigenvalue weighted by Crippen LogP contribution is 2.25. The number of hydrogen-bond acceptors (Lipinski definition) is 3. The Morgan fingerprint density at radius 1 is 1.35 bits per heavy atom. The number of carboxylic acid groups (broad SMARTS) is 1. The van der Waals surface area contributed by atoms with Gasteiger partial charge in [-0.2, -0.15) is 0 Å². The first-order valence-corrected chi connectivity index (χ1v) is 6.61. The Labute approximate surface area is 120 Å². The number of rotatable bonds is 5. The monoisotopic (exact) mass is 295 g/mol. The number of halogens is 1. The molecule has 0 aliphatic rings. The van der Waals surface area contributed by atoms with Crippen molar-refractivity contribution in [3.05, 3.63) is 35.5 Å². The van der Waals surface area contributed by atoms with E-state index in [-0.39, 0.29) is 24.5 Å². The van der Waals surface area contributed by atoms with Crippen LogP contribution in [-0.4, -0.2) is 34.1 Å². The van der Waals surface area contributed by atoms with Crippen molar-refractivity contribution in [2.24, 2.45) is 7.05 Å². The summed E-state index contributed by atoms with van der Waals surface area (Å²) in [5, 5.41) is 9.99. The van der Waals surface area contributed by atoms with Gasteiger partial charge in [-0.15, -0.1) is 11.6 Å². The minimum absolute atomic E-state index is 0.0935. The third-order valence-corrected chi connectivity index (χ3v) is 3.25. The van der Waals surface area contributed by atoms with Crippen molar-refractivity contribution in [3.8, 4) is 0 Å². The molecule has 2 rings (SSSR count). The summed E-state index contributed by atoms with van der Waals surface area (Å²) in [6, 6.07) is 7.13. The molecule has 0 bridgehead atoms. The quantitative estimate of drug-likeness (QED) is 0.678. The number of fused-ring (bicyclic) bond motifs is 1. The van der Waals surface area contributed by atoms with Crippen LogP contribution in [0.15, 0.2) is 24.3 Å². The summed E-state index contributed by atoms with van der Waals surface area (Å²) in [7, 11) is 1.74. The number of nitrogens with zero attached hydrogens (tertiary/aromatic N) is 1. The Morgan fingerprint density at radius 3 is 2.70 bits per heavy atom. The number of ether oxygens (including phenoxy) is 1. The fourth-order valence-electron chi connectivity index (χ4n) is 2.23. The molecule has 1 aromatic heterocycles. The van der Waals surface area contributed by atoms with Gasteiger partial charge in [-0.3, -0.25) is 4.79 Å². The molecule has 1 N–H and O–H groups in total. The summed E-state index contributed by atoms with van der Waals surface area (Å²) in [5.74, 6) is -1.33. The van der Waals surface area contributed by atoms with Crippen molar-refractivity contribution in [3.63, 3.8) is 0 Å². The molecule has 0 aliphatic carbocycles. The number of carbonyl (C=O) groups excluding carboxylic acids is 1. The molecule has 0 spiro atoms. The molecule has 2 aromatic rings. The Kier molecular flexibility index (Phi) is 4.29. The molecule has 20 heavy (non-hydrogen) atoms. The number of esters is 1. The van der Waals surface area contributed by atoms with Crippen LogP contribution in [0.5, 0.6) is 0 Å². The Bertz CT molecular complexity index is 662. The van der Waals surface area contributed by atoms with Gasteiger partial charge in [0.15, 0.2) is 0 Å². The van der Waals surface area contributed by atoms with Crippen LogP contribution < -0.4 is 0 Å². The minimum atomic E-state index is -1.05. The highest BCUT2D eigenvalue weighted by molar-refractivity contribution is 6.18. The molecule has 0 aliphatic heterocycles. The lowest BCUT2D eigenvalue weighted by atomic mass is 10.1. The normalized spacial score (nSPS) is 10.7. The molecular formula is C14H14ClNO4. The van der Waals surface area contributed by atoms with Crippen LogP contribution >= 0.6 is 11.6 Å². The molecule has 0 amide bonds. The highest BCUT2D eigenvalue weighted by atomic mass is 35.5. The van der Waals surface area contributed by atoms with E-state index in [4.69, 9.17) is 16.3 Å². The van der Waals surface area contributed by atoms with E-state index in [2.05, 4.69) is 0 Å². The third kappa shape index (κ3) is 2.63. The molecule has 5 nitrogen and oxygen atoms in total. The van der Waals surface area contributed by atoms with Crippen LogP contribution in [0.2, 0.25) is 0 Å². The second-order valence-electron chi connectivity index (χ2n) is 4.29. The molecule has 0 saturated carbocycles. The zero-order chi connectivity index (χ0) is 14.7. The average Bonchev–Trinajstić information content (AvgIpc) is 2.70. The van der Waals surface area contributed by atoms with E-state index >= 15 is 0 Å². The van der Waals surface area contributed by atoms with Gasteiger partial charge in [-0.25, -0.2) is 4.79 Å². The topological polar surface area (TPSA) is 68.5 Å². The number of carboxylic acids is 1. The first-order chi connectivity index (χ1) is 9.56. The molecule has 1 heterocycles. The summed E-state index contributed by atoms with van der Waals surface area (Å²) < 4.78 is 6.61. The van der Waals surface area contributed by atoms with E-state index in [0.29, 0.717) is 11.1 Å². The van der Waals surface area contributed by atoms with Crippen molar-refractivity contribution >= 4 is 34.4 Å². The molecule has 6 heteroatoms. The van der Waals surface area contributed by atoms with Crippen LogP contribution in [-0.2, 0) is 23.0 Å². The number of para-hydroxylation sites is 1. The van der Waals surface area contributed by atoms with Crippen LogP contribution in [0.25, 0.3) is 10.9 Å². The maximum atomic E-state index is 11.7. The SMILES string of the molecule is Cn1c(CC(=O)OCCCl)c(C(=O)O)c2ccccc21. The molecule has 0 unspecified atom stereocenters. The standard InChI is InChI=1S/C14H14ClNO4/c1-16-10-5-3-2-4-9(10)13(14(18)19)11(16)8-12(17)20-7-6-15/h2-5H,6-8H2,1H3,(H,18,19). The maximum Gasteiger partial charge on any atom is 0.338 e. The fourth-order valence-corrected chi connectivity index (χ4v) is 2.31. The van der Waals surface area contributed by atoms with E-state index in [9.17, 15) is 14.7 Å². The van der Waals surface area contributed by atoms with Gasteiger partial charge in [-0.05, 0) is 6.07 Å². The average molecular weight is 296 g/mol. The Hall–Kier alpha value is -2.01. The largest absolute Gasteiger partial charge is 0.478 e. The predicted octanol–water partition coefficient (Wildman–Crippen LogP) is 2.20. The lowest BCUT2D eigenvalue weighted by molar-refractivity contribution is -0.142. The van der Waals surface area contributed by atoms with E-state index in [1.807, 2.05) is 12.1 Å². The smallest absolute Gasteiger partial charge is 0.338 e. The minimum Gasteiger partial charge on any atom is -0.478 e. The second-order valence-corrected chi connectivity index (χ2v) is 4.67. The van der Waals surface area contributed by atoms with Gasteiger partial charge in [0, 0.05) is 23.6 Å². The van der Waals surface area contributed by atoms with Crippen LogP contribution in [0.1, 0.15) is 16.1 Å². The molecule has 106 valence electrons. The Morgan fingerprint density at radius 2 is 2.05 bits per heavy atom. The molecule has 0 fully saturated rings. The van der Waals surface area contributed by atoms with Gasteiger partial charge < -0.3 is 14.4 Å². The van der Waals surface area contributed by atoms with E-state index in [0.717, 1.165) is 5.52 Å². The van der Waals surface area contributed by atoms with E-state index < -0.39 is 11.9 Å². The van der Waals surface area contributed by atoms with Crippen LogP contribution in [0.3, 0.4) is 0 Å². The number of alkyl halides is 1. The van der Waals surface area contributed by atoms with Crippen molar-refractivity contribution in [2.45, 2.75) is 6.42 Å². The van der Waals surface area contributed by atoms with Crippen LogP contribution in [0.4, 0.5) is 0 Å². The Balaban J connectivity index is 2.46. The maximum absolute atomic E-state index is 11.7. The van der Waals surface area contributed by atoms with Crippen molar-refractivity contribution in [1.29, 1.82) is 0 Å². The first kappa shape index (κ1) is 14.4. The van der Waals surface area contributed by atoms with Gasteiger partial charge in [0.1, 0.15) is 6.61 Å². The summed E-state index contributed by atoms with van der Waals surface area (Å²) in [6.45, 7) is 0.118. The molecule has 0 radical (unpaired) electrons. The first-order valence-electron chi connectivity index (χ1n) is 6.07. The van der Waals surface area contributed by atoms with Gasteiger partial charge in [0.2, 0.25) is 0 Å². The van der Waals surface area contributed by atoms with E-state index in [1.54, 1.807) is 23.7 Å². The molecule has 0 saturated heterocycles. The number of aryl methyl sites for hydroxylation is 1. The highest BCUT2D eigenvalue weighted by Gasteiger charge is 2.22. The van der Waals surface area contributed by atoms with Gasteiger partial charge in [0.05, 0.1) is 17.9 Å². The zero-order valence-corrected chi connectivity index (χ0v) is 11.7. The van der Waals surface area contributed by atoms with Crippen molar-refractivity contribution in [2.75, 3.05) is 12.5 Å². The number of hydrogen-bond donors (Lipinski definition) is 1. The van der Waals surface area contributed by atoms with Crippen molar-refractivity contribution < 1.29 is 19.4 Å². The molecule has 1 aromatic carbocycles. The summed E-state index contributed by atoms with van der Waals surface area (Å²) in [4.78, 5) is 23.1. The zero-order valence-electron chi connectivity index (χ0n) is 10.9. The number of aromatic carboxylic acids is 1.